The molecule has 16 heavy (non-hydrogen) atoms. The zero-order valence-electron chi connectivity index (χ0n) is 8.51. The van der Waals surface area contributed by atoms with E-state index in [0.29, 0.717) is 0 Å². The van der Waals surface area contributed by atoms with E-state index in [0.717, 1.165) is 28.0 Å². The van der Waals surface area contributed by atoms with E-state index in [1.54, 1.807) is 6.33 Å². The molecule has 0 radical (unpaired) electrons. The minimum Gasteiger partial charge on any atom is -0.399 e. The SMILES string of the molecule is Nc1cccc(-c2ncnc3[nH]ccc23)c1. The highest BCUT2D eigenvalue weighted by atomic mass is 14.9. The highest BCUT2D eigenvalue weighted by Gasteiger charge is 2.06. The number of aromatic amines is 1. The van der Waals surface area contributed by atoms with Gasteiger partial charge in [0.2, 0.25) is 0 Å². The summed E-state index contributed by atoms with van der Waals surface area (Å²) in [5.74, 6) is 0. The lowest BCUT2D eigenvalue weighted by molar-refractivity contribution is 1.20. The first-order valence-electron chi connectivity index (χ1n) is 4.98. The summed E-state index contributed by atoms with van der Waals surface area (Å²) < 4.78 is 0. The highest BCUT2D eigenvalue weighted by molar-refractivity contribution is 5.90. The van der Waals surface area contributed by atoms with Gasteiger partial charge in [-0.15, -0.1) is 0 Å². The van der Waals surface area contributed by atoms with Gasteiger partial charge in [0.1, 0.15) is 12.0 Å². The normalized spacial score (nSPS) is 10.8. The van der Waals surface area contributed by atoms with Crippen LogP contribution < -0.4 is 5.73 Å². The molecule has 0 unspecified atom stereocenters. The third-order valence-corrected chi connectivity index (χ3v) is 2.51. The number of anilines is 1. The molecule has 0 aliphatic carbocycles. The van der Waals surface area contributed by atoms with Crippen LogP contribution in [0.2, 0.25) is 0 Å². The van der Waals surface area contributed by atoms with Gasteiger partial charge in [-0.2, -0.15) is 0 Å². The summed E-state index contributed by atoms with van der Waals surface area (Å²) in [5.41, 5.74) is 9.25. The van der Waals surface area contributed by atoms with Crippen LogP contribution in [-0.2, 0) is 0 Å². The maximum Gasteiger partial charge on any atom is 0.141 e. The van der Waals surface area contributed by atoms with Crippen LogP contribution in [0.4, 0.5) is 5.69 Å². The predicted molar refractivity (Wildman–Crippen MR) is 63.7 cm³/mol. The molecule has 3 rings (SSSR count). The van der Waals surface area contributed by atoms with Crippen molar-refractivity contribution >= 4 is 16.7 Å². The fourth-order valence-corrected chi connectivity index (χ4v) is 1.79. The zero-order chi connectivity index (χ0) is 11.0. The molecule has 0 amide bonds. The zero-order valence-corrected chi connectivity index (χ0v) is 8.51. The first-order valence-corrected chi connectivity index (χ1v) is 4.98. The summed E-state index contributed by atoms with van der Waals surface area (Å²) in [6.07, 6.45) is 3.41. The Hall–Kier alpha value is -2.36. The number of nitrogen functional groups attached to an aromatic ring is 1. The number of aromatic nitrogens is 3. The van der Waals surface area contributed by atoms with Crippen molar-refractivity contribution in [2.24, 2.45) is 0 Å². The second kappa shape index (κ2) is 3.34. The van der Waals surface area contributed by atoms with Gasteiger partial charge in [-0.1, -0.05) is 12.1 Å². The second-order valence-electron chi connectivity index (χ2n) is 3.59. The van der Waals surface area contributed by atoms with Gasteiger partial charge in [0.15, 0.2) is 0 Å². The number of benzene rings is 1. The topological polar surface area (TPSA) is 67.6 Å². The van der Waals surface area contributed by atoms with Crippen LogP contribution in [0.15, 0.2) is 42.9 Å². The largest absolute Gasteiger partial charge is 0.399 e. The van der Waals surface area contributed by atoms with Gasteiger partial charge in [-0.25, -0.2) is 9.97 Å². The fourth-order valence-electron chi connectivity index (χ4n) is 1.79. The van der Waals surface area contributed by atoms with Gasteiger partial charge >= 0.3 is 0 Å². The summed E-state index contributed by atoms with van der Waals surface area (Å²) >= 11 is 0. The molecule has 3 aromatic rings. The van der Waals surface area contributed by atoms with Crippen LogP contribution >= 0.6 is 0 Å². The van der Waals surface area contributed by atoms with Gasteiger partial charge in [0, 0.05) is 22.8 Å². The molecule has 0 spiro atoms. The van der Waals surface area contributed by atoms with E-state index in [2.05, 4.69) is 15.0 Å². The van der Waals surface area contributed by atoms with E-state index in [4.69, 9.17) is 5.73 Å². The number of nitrogens with zero attached hydrogens (tertiary/aromatic N) is 2. The van der Waals surface area contributed by atoms with Crippen molar-refractivity contribution in [3.05, 3.63) is 42.9 Å². The van der Waals surface area contributed by atoms with E-state index >= 15 is 0 Å². The van der Waals surface area contributed by atoms with E-state index in [-0.39, 0.29) is 0 Å². The average molecular weight is 210 g/mol. The molecular weight excluding hydrogens is 200 g/mol. The smallest absolute Gasteiger partial charge is 0.141 e. The lowest BCUT2D eigenvalue weighted by Crippen LogP contribution is -1.89. The molecule has 0 bridgehead atoms. The molecule has 78 valence electrons. The average Bonchev–Trinajstić information content (AvgIpc) is 2.76. The van der Waals surface area contributed by atoms with Crippen molar-refractivity contribution in [2.75, 3.05) is 5.73 Å². The lowest BCUT2D eigenvalue weighted by Gasteiger charge is -2.02. The number of nitrogens with two attached hydrogens (primary N) is 1. The molecule has 1 aromatic carbocycles. The summed E-state index contributed by atoms with van der Waals surface area (Å²) in [6, 6.07) is 9.65. The molecular formula is C12H10N4. The number of hydrogen-bond acceptors (Lipinski definition) is 3. The predicted octanol–water partition coefficient (Wildman–Crippen LogP) is 2.21. The molecule has 0 aliphatic heterocycles. The van der Waals surface area contributed by atoms with Crippen molar-refractivity contribution in [3.8, 4) is 11.3 Å². The molecule has 4 nitrogen and oxygen atoms in total. The highest BCUT2D eigenvalue weighted by Crippen LogP contribution is 2.25. The minimum absolute atomic E-state index is 0.736. The van der Waals surface area contributed by atoms with Gasteiger partial charge in [-0.3, -0.25) is 0 Å². The number of rotatable bonds is 1. The Bertz CT molecular complexity index is 642. The maximum atomic E-state index is 5.76. The van der Waals surface area contributed by atoms with Crippen molar-refractivity contribution in [1.29, 1.82) is 0 Å². The minimum atomic E-state index is 0.736. The maximum absolute atomic E-state index is 5.76. The first-order chi connectivity index (χ1) is 7.84. The monoisotopic (exact) mass is 210 g/mol. The molecule has 0 saturated carbocycles. The van der Waals surface area contributed by atoms with Crippen LogP contribution in [-0.4, -0.2) is 15.0 Å². The summed E-state index contributed by atoms with van der Waals surface area (Å²) in [6.45, 7) is 0. The first kappa shape index (κ1) is 8.91. The van der Waals surface area contributed by atoms with Gasteiger partial charge < -0.3 is 10.7 Å². The molecule has 2 heterocycles. The summed E-state index contributed by atoms with van der Waals surface area (Å²) in [5, 5.41) is 1.01. The van der Waals surface area contributed by atoms with Crippen LogP contribution in [0, 0.1) is 0 Å². The Morgan fingerprint density at radius 1 is 1.12 bits per heavy atom. The molecule has 0 atom stereocenters. The molecule has 3 N–H and O–H groups in total. The van der Waals surface area contributed by atoms with Gasteiger partial charge in [0.25, 0.3) is 0 Å². The molecule has 0 aliphatic rings. The Morgan fingerprint density at radius 2 is 2.06 bits per heavy atom. The van der Waals surface area contributed by atoms with E-state index in [9.17, 15) is 0 Å². The van der Waals surface area contributed by atoms with E-state index in [1.807, 2.05) is 36.5 Å². The fraction of sp³-hybridized carbons (Fsp3) is 0. The Morgan fingerprint density at radius 3 is 2.94 bits per heavy atom. The third kappa shape index (κ3) is 1.32. The molecule has 4 heteroatoms. The molecule has 0 fully saturated rings. The molecule has 0 saturated heterocycles. The number of H-pyrrole nitrogens is 1. The number of hydrogen-bond donors (Lipinski definition) is 2. The molecule has 2 aromatic heterocycles. The van der Waals surface area contributed by atoms with Gasteiger partial charge in [0.05, 0.1) is 5.69 Å². The van der Waals surface area contributed by atoms with Crippen molar-refractivity contribution < 1.29 is 0 Å². The van der Waals surface area contributed by atoms with Crippen LogP contribution in [0.3, 0.4) is 0 Å². The van der Waals surface area contributed by atoms with Crippen LogP contribution in [0.25, 0.3) is 22.3 Å². The summed E-state index contributed by atoms with van der Waals surface area (Å²) in [7, 11) is 0. The van der Waals surface area contributed by atoms with Crippen molar-refractivity contribution in [3.63, 3.8) is 0 Å². The lowest BCUT2D eigenvalue weighted by atomic mass is 10.1. The Kier molecular flexibility index (Phi) is 1.86. The second-order valence-corrected chi connectivity index (χ2v) is 3.59. The number of nitrogens with one attached hydrogen (secondary N) is 1. The van der Waals surface area contributed by atoms with Crippen LogP contribution in [0.5, 0.6) is 0 Å². The Balaban J connectivity index is 2.29. The van der Waals surface area contributed by atoms with Gasteiger partial charge in [-0.05, 0) is 18.2 Å². The quantitative estimate of drug-likeness (QED) is 0.605. The van der Waals surface area contributed by atoms with Crippen molar-refractivity contribution in [1.82, 2.24) is 15.0 Å². The van der Waals surface area contributed by atoms with E-state index in [1.165, 1.54) is 0 Å². The van der Waals surface area contributed by atoms with E-state index < -0.39 is 0 Å². The standard InChI is InChI=1S/C12H10N4/c13-9-3-1-2-8(6-9)11-10-4-5-14-12(10)16-7-15-11/h1-7H,13H2,(H,14,15,16). The summed E-state index contributed by atoms with van der Waals surface area (Å²) in [4.78, 5) is 11.5. The number of fused-ring (bicyclic) bond motifs is 1. The van der Waals surface area contributed by atoms with Crippen molar-refractivity contribution in [2.45, 2.75) is 0 Å². The third-order valence-electron chi connectivity index (χ3n) is 2.51. The van der Waals surface area contributed by atoms with Crippen LogP contribution in [0.1, 0.15) is 0 Å². The Labute approximate surface area is 92.2 Å².